The number of hydrogen-bond acceptors (Lipinski definition) is 9. The van der Waals surface area contributed by atoms with Crippen molar-refractivity contribution in [3.63, 3.8) is 0 Å². The van der Waals surface area contributed by atoms with Crippen molar-refractivity contribution in [3.8, 4) is 5.75 Å². The van der Waals surface area contributed by atoms with Crippen LogP contribution in [0.2, 0.25) is 0 Å². The number of carboxylic acid groups (broad SMARTS) is 1. The number of rotatable bonds is 26. The number of nitrogens with zero attached hydrogens (tertiary/aromatic N) is 2. The lowest BCUT2D eigenvalue weighted by molar-refractivity contribution is -0.145. The van der Waals surface area contributed by atoms with Crippen molar-refractivity contribution in [2.45, 2.75) is 143 Å². The molecular weight excluding hydrogens is 729 g/mol. The number of aliphatic imine (C=N–C) groups is 1. The molecular formula is C43H68N6O8. The second-order valence-electron chi connectivity index (χ2n) is 17.6. The highest BCUT2D eigenvalue weighted by atomic mass is 16.4. The van der Waals surface area contributed by atoms with Gasteiger partial charge in [0.05, 0.1) is 18.0 Å². The van der Waals surface area contributed by atoms with Crippen molar-refractivity contribution >= 4 is 41.1 Å². The lowest BCUT2D eigenvalue weighted by Crippen LogP contribution is -2.52. The van der Waals surface area contributed by atoms with Gasteiger partial charge in [-0.05, 0) is 99.8 Å². The maximum absolute atomic E-state index is 14.2. The van der Waals surface area contributed by atoms with Crippen molar-refractivity contribution in [1.29, 1.82) is 0 Å². The largest absolute Gasteiger partial charge is 0.508 e. The summed E-state index contributed by atoms with van der Waals surface area (Å²) in [5.41, 5.74) is 10.9. The lowest BCUT2D eigenvalue weighted by Gasteiger charge is -2.33. The van der Waals surface area contributed by atoms with Gasteiger partial charge in [-0.15, -0.1) is 0 Å². The van der Waals surface area contributed by atoms with Crippen LogP contribution in [0.1, 0.15) is 124 Å². The number of guanidine groups is 1. The van der Waals surface area contributed by atoms with Crippen LogP contribution >= 0.6 is 0 Å². The fraction of sp³-hybridized carbons (Fsp3) is 0.698. The minimum atomic E-state index is -1.07. The van der Waals surface area contributed by atoms with Gasteiger partial charge in [-0.25, -0.2) is 0 Å². The Balaban J connectivity index is 1.79. The molecule has 3 rings (SSSR count). The van der Waals surface area contributed by atoms with Crippen LogP contribution in [0, 0.1) is 29.1 Å². The first kappa shape index (κ1) is 47.0. The molecule has 0 bridgehead atoms. The molecule has 0 unspecified atom stereocenters. The summed E-state index contributed by atoms with van der Waals surface area (Å²) in [4.78, 5) is 87.1. The van der Waals surface area contributed by atoms with Crippen molar-refractivity contribution in [3.05, 3.63) is 29.8 Å². The van der Waals surface area contributed by atoms with Gasteiger partial charge < -0.3 is 37.2 Å². The standard InChI is InChI=1S/C43H68N6O8/c1-27(2)22-31(41(56)57)26-37(53)38(43(3,4)5)48-39(54)30(23-28-13-17-33(50)18-14-28)25-36(52)35-12-9-21-49(35)40(55)29(10-8-20-47-42(44)45)24-34(51)11-6-7-19-46-32-15-16-32/h13-14,17-18,27,29-32,35,38,46,50H,6-12,15-16,19-26H2,1-5H3,(H,48,54)(H,56,57)(H4,44,45,47)/t29-,30-,31-,35+,38-/m1/s1. The van der Waals surface area contributed by atoms with E-state index in [1.807, 2.05) is 13.8 Å². The first-order chi connectivity index (χ1) is 26.8. The summed E-state index contributed by atoms with van der Waals surface area (Å²) in [6, 6.07) is 5.10. The van der Waals surface area contributed by atoms with Crippen molar-refractivity contribution in [2.24, 2.45) is 45.5 Å². The van der Waals surface area contributed by atoms with E-state index in [-0.39, 0.29) is 60.8 Å². The fourth-order valence-electron chi connectivity index (χ4n) is 7.67. The number of amides is 2. The fourth-order valence-corrected chi connectivity index (χ4v) is 7.67. The van der Waals surface area contributed by atoms with Crippen LogP contribution in [0.15, 0.2) is 29.3 Å². The normalized spacial score (nSPS) is 17.7. The number of nitrogens with two attached hydrogens (primary N) is 2. The summed E-state index contributed by atoms with van der Waals surface area (Å²) < 4.78 is 0. The molecule has 2 amide bonds. The molecule has 0 aromatic heterocycles. The number of nitrogens with one attached hydrogen (secondary N) is 2. The minimum Gasteiger partial charge on any atom is -0.508 e. The first-order valence-electron chi connectivity index (χ1n) is 20.8. The zero-order chi connectivity index (χ0) is 42.3. The summed E-state index contributed by atoms with van der Waals surface area (Å²) in [5, 5.41) is 26.1. The van der Waals surface area contributed by atoms with Crippen LogP contribution in [-0.2, 0) is 35.2 Å². The monoisotopic (exact) mass is 797 g/mol. The molecule has 1 aliphatic carbocycles. The van der Waals surface area contributed by atoms with Crippen molar-refractivity contribution in [1.82, 2.24) is 15.5 Å². The molecule has 8 N–H and O–H groups in total. The van der Waals surface area contributed by atoms with E-state index in [0.29, 0.717) is 63.2 Å². The zero-order valence-electron chi connectivity index (χ0n) is 34.8. The Hall–Kier alpha value is -4.33. The van der Waals surface area contributed by atoms with E-state index in [1.54, 1.807) is 37.8 Å². The number of carbonyl (C=O) groups is 6. The van der Waals surface area contributed by atoms with Gasteiger partial charge in [-0.3, -0.25) is 33.8 Å². The highest BCUT2D eigenvalue weighted by Gasteiger charge is 2.41. The number of benzene rings is 1. The number of unbranched alkanes of at least 4 members (excludes halogenated alkanes) is 1. The molecule has 0 spiro atoms. The van der Waals surface area contributed by atoms with E-state index in [2.05, 4.69) is 15.6 Å². The molecule has 0 radical (unpaired) electrons. The third-order valence-corrected chi connectivity index (χ3v) is 10.9. The van der Waals surface area contributed by atoms with Gasteiger partial charge in [-0.2, -0.15) is 0 Å². The highest BCUT2D eigenvalue weighted by Crippen LogP contribution is 2.29. The molecule has 5 atom stereocenters. The number of carboxylic acids is 1. The molecule has 1 aliphatic heterocycles. The molecule has 1 aromatic rings. The van der Waals surface area contributed by atoms with Crippen LogP contribution < -0.4 is 22.1 Å². The summed E-state index contributed by atoms with van der Waals surface area (Å²) >= 11 is 0. The van der Waals surface area contributed by atoms with Crippen LogP contribution in [0.4, 0.5) is 0 Å². The van der Waals surface area contributed by atoms with Crippen LogP contribution in [-0.4, -0.2) is 94.0 Å². The van der Waals surface area contributed by atoms with Gasteiger partial charge in [0.15, 0.2) is 17.5 Å². The summed E-state index contributed by atoms with van der Waals surface area (Å²) in [6.07, 6.45) is 6.22. The highest BCUT2D eigenvalue weighted by molar-refractivity contribution is 5.96. The predicted octanol–water partition coefficient (Wildman–Crippen LogP) is 4.29. The number of aliphatic carboxylic acids is 1. The molecule has 318 valence electrons. The van der Waals surface area contributed by atoms with Gasteiger partial charge in [0.1, 0.15) is 11.5 Å². The molecule has 2 fully saturated rings. The summed E-state index contributed by atoms with van der Waals surface area (Å²) in [5.74, 6) is -5.03. The lowest BCUT2D eigenvalue weighted by atomic mass is 9.80. The third kappa shape index (κ3) is 16.6. The number of carbonyl (C=O) groups excluding carboxylic acids is 5. The smallest absolute Gasteiger partial charge is 0.306 e. The van der Waals surface area contributed by atoms with Gasteiger partial charge in [0.25, 0.3) is 0 Å². The molecule has 57 heavy (non-hydrogen) atoms. The summed E-state index contributed by atoms with van der Waals surface area (Å²) in [6.45, 7) is 10.7. The molecule has 14 nitrogen and oxygen atoms in total. The predicted molar refractivity (Wildman–Crippen MR) is 219 cm³/mol. The molecule has 1 aromatic carbocycles. The third-order valence-electron chi connectivity index (χ3n) is 10.9. The molecule has 1 saturated carbocycles. The van der Waals surface area contributed by atoms with E-state index in [4.69, 9.17) is 11.5 Å². The Morgan fingerprint density at radius 2 is 1.60 bits per heavy atom. The minimum absolute atomic E-state index is 0.00357. The maximum atomic E-state index is 14.2. The Labute approximate surface area is 338 Å². The van der Waals surface area contributed by atoms with E-state index in [0.717, 1.165) is 19.4 Å². The number of aromatic hydroxyl groups is 1. The number of phenolic OH excluding ortho intramolecular Hbond substituents is 1. The van der Waals surface area contributed by atoms with Gasteiger partial charge >= 0.3 is 5.97 Å². The summed E-state index contributed by atoms with van der Waals surface area (Å²) in [7, 11) is 0. The van der Waals surface area contributed by atoms with Gasteiger partial charge in [0.2, 0.25) is 11.8 Å². The number of likely N-dealkylation sites (tertiary alicyclic amines) is 1. The molecule has 14 heteroatoms. The second kappa shape index (κ2) is 22.6. The number of ketones is 3. The molecule has 1 heterocycles. The second-order valence-corrected chi connectivity index (χ2v) is 17.6. The average molecular weight is 797 g/mol. The zero-order valence-corrected chi connectivity index (χ0v) is 34.8. The maximum Gasteiger partial charge on any atom is 0.306 e. The number of hydrogen-bond donors (Lipinski definition) is 6. The quantitative estimate of drug-likeness (QED) is 0.0440. The Bertz CT molecular complexity index is 1550. The number of Topliss-reactive ketones (excluding diaryl/α,β-unsaturated/α-hetero) is 3. The SMILES string of the molecule is CC(C)C[C@H](CC(=O)[C@@H](NC(=O)[C@@H](CC(=O)[C@@H]1CCCN1C(=O)[C@H](CCCN=C(N)N)CC(=O)CCCCNC1CC1)Cc1ccc(O)cc1)C(C)(C)C)C(=O)O. The van der Waals surface area contributed by atoms with Crippen LogP contribution in [0.5, 0.6) is 5.75 Å². The van der Waals surface area contributed by atoms with Gasteiger partial charge in [0, 0.05) is 56.7 Å². The Morgan fingerprint density at radius 3 is 2.19 bits per heavy atom. The molecule has 1 saturated heterocycles. The van der Waals surface area contributed by atoms with Crippen molar-refractivity contribution in [2.75, 3.05) is 19.6 Å². The van der Waals surface area contributed by atoms with Crippen molar-refractivity contribution < 1.29 is 39.0 Å². The first-order valence-corrected chi connectivity index (χ1v) is 20.8. The Morgan fingerprint density at radius 1 is 0.912 bits per heavy atom. The topological polar surface area (TPSA) is 235 Å². The van der Waals surface area contributed by atoms with E-state index < -0.39 is 52.9 Å². The Kier molecular flexibility index (Phi) is 18.6. The average Bonchev–Trinajstić information content (AvgIpc) is 3.82. The van der Waals surface area contributed by atoms with E-state index >= 15 is 0 Å². The van der Waals surface area contributed by atoms with E-state index in [9.17, 15) is 39.0 Å². The van der Waals surface area contributed by atoms with E-state index in [1.165, 1.54) is 25.0 Å². The van der Waals surface area contributed by atoms with Crippen LogP contribution in [0.3, 0.4) is 0 Å². The van der Waals surface area contributed by atoms with Gasteiger partial charge in [-0.1, -0.05) is 46.8 Å². The number of phenols is 1. The van der Waals surface area contributed by atoms with Crippen LogP contribution in [0.25, 0.3) is 0 Å². The molecule has 2 aliphatic rings.